The molecule has 3 amide bonds. The van der Waals surface area contributed by atoms with E-state index in [9.17, 15) is 24.3 Å². The van der Waals surface area contributed by atoms with Crippen LogP contribution < -0.4 is 10.6 Å². The standard InChI is InChI=1S/C26H29N3O6/c1-26(24(32)33)12-6-7-13-29(26)23(31)15-27-22(30)14-28-25(34)35-16-21-19-10-4-2-8-17(19)18-9-3-5-11-20(18)21/h2-5,8-11,21H,6-7,12-16H2,1H3,(H,27,30)(H,28,34)(H,32,33). The van der Waals surface area contributed by atoms with Crippen molar-refractivity contribution in [1.29, 1.82) is 0 Å². The highest BCUT2D eigenvalue weighted by molar-refractivity contribution is 5.91. The lowest BCUT2D eigenvalue weighted by Crippen LogP contribution is -2.59. The van der Waals surface area contributed by atoms with Crippen LogP contribution in [0.4, 0.5) is 4.79 Å². The van der Waals surface area contributed by atoms with E-state index in [1.165, 1.54) is 11.8 Å². The maximum absolute atomic E-state index is 12.5. The molecule has 1 unspecified atom stereocenters. The minimum absolute atomic E-state index is 0.0901. The van der Waals surface area contributed by atoms with Crippen molar-refractivity contribution < 1.29 is 29.0 Å². The average Bonchev–Trinajstić information content (AvgIpc) is 3.18. The topological polar surface area (TPSA) is 125 Å². The zero-order valence-electron chi connectivity index (χ0n) is 19.6. The van der Waals surface area contributed by atoms with E-state index in [1.54, 1.807) is 0 Å². The summed E-state index contributed by atoms with van der Waals surface area (Å²) in [6, 6.07) is 16.0. The highest BCUT2D eigenvalue weighted by atomic mass is 16.5. The lowest BCUT2D eigenvalue weighted by molar-refractivity contribution is -0.160. The smallest absolute Gasteiger partial charge is 0.407 e. The number of carbonyl (C=O) groups excluding carboxylic acids is 3. The lowest BCUT2D eigenvalue weighted by Gasteiger charge is -2.41. The second-order valence-corrected chi connectivity index (χ2v) is 9.04. The molecule has 0 radical (unpaired) electrons. The van der Waals surface area contributed by atoms with Crippen LogP contribution in [0.15, 0.2) is 48.5 Å². The van der Waals surface area contributed by atoms with E-state index in [4.69, 9.17) is 4.74 Å². The number of carboxylic acid groups (broad SMARTS) is 1. The number of ether oxygens (including phenoxy) is 1. The number of hydrogen-bond donors (Lipinski definition) is 3. The number of carbonyl (C=O) groups is 4. The van der Waals surface area contributed by atoms with Crippen LogP contribution in [-0.4, -0.2) is 65.7 Å². The summed E-state index contributed by atoms with van der Waals surface area (Å²) < 4.78 is 5.39. The van der Waals surface area contributed by atoms with Crippen LogP contribution in [0.1, 0.15) is 43.2 Å². The molecule has 1 saturated heterocycles. The van der Waals surface area contributed by atoms with Crippen LogP contribution in [0.3, 0.4) is 0 Å². The Hall–Kier alpha value is -3.88. The molecule has 184 valence electrons. The number of fused-ring (bicyclic) bond motifs is 3. The van der Waals surface area contributed by atoms with E-state index in [2.05, 4.69) is 10.6 Å². The van der Waals surface area contributed by atoms with Gasteiger partial charge in [-0.05, 0) is 48.4 Å². The van der Waals surface area contributed by atoms with Crippen molar-refractivity contribution in [1.82, 2.24) is 15.5 Å². The fraction of sp³-hybridized carbons (Fsp3) is 0.385. The van der Waals surface area contributed by atoms with Gasteiger partial charge in [0.25, 0.3) is 0 Å². The second-order valence-electron chi connectivity index (χ2n) is 9.04. The Morgan fingerprint density at radius 1 is 0.971 bits per heavy atom. The molecule has 35 heavy (non-hydrogen) atoms. The van der Waals surface area contributed by atoms with Crippen LogP contribution in [0.25, 0.3) is 11.1 Å². The van der Waals surface area contributed by atoms with E-state index in [0.29, 0.717) is 19.4 Å². The van der Waals surface area contributed by atoms with E-state index < -0.39 is 29.4 Å². The fourth-order valence-electron chi connectivity index (χ4n) is 4.88. The van der Waals surface area contributed by atoms with Crippen LogP contribution >= 0.6 is 0 Å². The number of nitrogens with zero attached hydrogens (tertiary/aromatic N) is 1. The van der Waals surface area contributed by atoms with Crippen LogP contribution in [0, 0.1) is 0 Å². The van der Waals surface area contributed by atoms with Gasteiger partial charge in [-0.3, -0.25) is 9.59 Å². The Labute approximate surface area is 203 Å². The molecule has 1 fully saturated rings. The zero-order chi connectivity index (χ0) is 25.0. The molecule has 0 bridgehead atoms. The first-order valence-electron chi connectivity index (χ1n) is 11.7. The molecular formula is C26H29N3O6. The lowest BCUT2D eigenvalue weighted by atomic mass is 9.88. The molecule has 0 spiro atoms. The van der Waals surface area contributed by atoms with Gasteiger partial charge in [-0.2, -0.15) is 0 Å². The number of carboxylic acids is 1. The van der Waals surface area contributed by atoms with Crippen molar-refractivity contribution in [2.45, 2.75) is 37.6 Å². The summed E-state index contributed by atoms with van der Waals surface area (Å²) in [6.45, 7) is 1.28. The Morgan fingerprint density at radius 3 is 2.23 bits per heavy atom. The molecule has 3 N–H and O–H groups in total. The maximum Gasteiger partial charge on any atom is 0.407 e. The third kappa shape index (κ3) is 4.99. The van der Waals surface area contributed by atoms with Crippen molar-refractivity contribution in [3.05, 3.63) is 59.7 Å². The normalized spacial score (nSPS) is 18.8. The second kappa shape index (κ2) is 10.2. The number of nitrogens with one attached hydrogen (secondary N) is 2. The monoisotopic (exact) mass is 479 g/mol. The first-order valence-corrected chi connectivity index (χ1v) is 11.7. The quantitative estimate of drug-likeness (QED) is 0.560. The summed E-state index contributed by atoms with van der Waals surface area (Å²) in [7, 11) is 0. The molecular weight excluding hydrogens is 450 g/mol. The summed E-state index contributed by atoms with van der Waals surface area (Å²) in [6.07, 6.45) is 1.07. The molecule has 2 aromatic carbocycles. The number of aliphatic carboxylic acids is 1. The number of likely N-dealkylation sites (tertiary alicyclic amines) is 1. The van der Waals surface area contributed by atoms with Crippen molar-refractivity contribution in [2.75, 3.05) is 26.2 Å². The van der Waals surface area contributed by atoms with Crippen LogP contribution in [0.5, 0.6) is 0 Å². The van der Waals surface area contributed by atoms with Crippen LogP contribution in [-0.2, 0) is 19.1 Å². The van der Waals surface area contributed by atoms with Gasteiger partial charge in [-0.1, -0.05) is 48.5 Å². The fourth-order valence-corrected chi connectivity index (χ4v) is 4.88. The maximum atomic E-state index is 12.5. The Kier molecular flexibility index (Phi) is 7.04. The summed E-state index contributed by atoms with van der Waals surface area (Å²) >= 11 is 0. The third-order valence-electron chi connectivity index (χ3n) is 6.83. The molecule has 9 nitrogen and oxygen atoms in total. The minimum atomic E-state index is -1.28. The molecule has 9 heteroatoms. The first-order chi connectivity index (χ1) is 16.8. The zero-order valence-corrected chi connectivity index (χ0v) is 19.6. The SMILES string of the molecule is CC1(C(=O)O)CCCCN1C(=O)CNC(=O)CNC(=O)OCC1c2ccccc2-c2ccccc21. The summed E-state index contributed by atoms with van der Waals surface area (Å²) in [5.41, 5.74) is 3.13. The molecule has 2 aromatic rings. The minimum Gasteiger partial charge on any atom is -0.480 e. The first kappa shape index (κ1) is 24.3. The molecule has 2 aliphatic rings. The molecule has 0 aromatic heterocycles. The Bertz CT molecular complexity index is 1100. The third-order valence-corrected chi connectivity index (χ3v) is 6.83. The average molecular weight is 480 g/mol. The van der Waals surface area contributed by atoms with Gasteiger partial charge in [0.15, 0.2) is 0 Å². The van der Waals surface area contributed by atoms with Gasteiger partial charge in [0, 0.05) is 12.5 Å². The number of rotatable bonds is 7. The van der Waals surface area contributed by atoms with Crippen LogP contribution in [0.2, 0.25) is 0 Å². The van der Waals surface area contributed by atoms with E-state index in [-0.39, 0.29) is 25.6 Å². The summed E-state index contributed by atoms with van der Waals surface area (Å²) in [4.78, 5) is 49.9. The van der Waals surface area contributed by atoms with Gasteiger partial charge in [-0.15, -0.1) is 0 Å². The number of hydrogen-bond acceptors (Lipinski definition) is 5. The molecule has 4 rings (SSSR count). The van der Waals surface area contributed by atoms with Crippen molar-refractivity contribution in [3.63, 3.8) is 0 Å². The highest BCUT2D eigenvalue weighted by Gasteiger charge is 2.43. The van der Waals surface area contributed by atoms with Gasteiger partial charge < -0.3 is 25.4 Å². The number of alkyl carbamates (subject to hydrolysis) is 1. The number of piperidine rings is 1. The highest BCUT2D eigenvalue weighted by Crippen LogP contribution is 2.44. The molecule has 1 aliphatic carbocycles. The molecule has 0 saturated carbocycles. The van der Waals surface area contributed by atoms with Crippen molar-refractivity contribution in [3.8, 4) is 11.1 Å². The van der Waals surface area contributed by atoms with E-state index in [0.717, 1.165) is 28.7 Å². The molecule has 1 heterocycles. The summed E-state index contributed by atoms with van der Waals surface area (Å²) in [5, 5.41) is 14.4. The van der Waals surface area contributed by atoms with Crippen molar-refractivity contribution >= 4 is 23.9 Å². The van der Waals surface area contributed by atoms with Gasteiger partial charge in [0.2, 0.25) is 11.8 Å². The largest absolute Gasteiger partial charge is 0.480 e. The Balaban J connectivity index is 1.24. The Morgan fingerprint density at radius 2 is 1.60 bits per heavy atom. The van der Waals surface area contributed by atoms with Gasteiger partial charge in [0.1, 0.15) is 18.7 Å². The van der Waals surface area contributed by atoms with E-state index >= 15 is 0 Å². The number of benzene rings is 2. The molecule has 1 atom stereocenters. The predicted octanol–water partition coefficient (Wildman–Crippen LogP) is 2.50. The van der Waals surface area contributed by atoms with Gasteiger partial charge in [-0.25, -0.2) is 9.59 Å². The van der Waals surface area contributed by atoms with Crippen molar-refractivity contribution in [2.24, 2.45) is 0 Å². The van der Waals surface area contributed by atoms with Gasteiger partial charge >= 0.3 is 12.1 Å². The van der Waals surface area contributed by atoms with E-state index in [1.807, 2.05) is 48.5 Å². The number of amides is 3. The molecule has 1 aliphatic heterocycles. The predicted molar refractivity (Wildman–Crippen MR) is 128 cm³/mol. The van der Waals surface area contributed by atoms with Gasteiger partial charge in [0.05, 0.1) is 6.54 Å². The summed E-state index contributed by atoms with van der Waals surface area (Å²) in [5.74, 6) is -2.19.